The van der Waals surface area contributed by atoms with Crippen LogP contribution in [0.2, 0.25) is 8.67 Å². The molecule has 0 saturated heterocycles. The number of halogens is 2. The molecule has 3 unspecified atom stereocenters. The molecular weight excluding hydrogens is 249 g/mol. The van der Waals surface area contributed by atoms with Crippen LogP contribution in [0.1, 0.15) is 31.9 Å². The van der Waals surface area contributed by atoms with Crippen LogP contribution in [0.25, 0.3) is 0 Å². The first-order valence-corrected chi connectivity index (χ1v) is 6.88. The zero-order valence-corrected chi connectivity index (χ0v) is 11.2. The van der Waals surface area contributed by atoms with Gasteiger partial charge in [-0.1, -0.05) is 37.0 Å². The highest BCUT2D eigenvalue weighted by atomic mass is 35.5. The molecule has 0 bridgehead atoms. The van der Waals surface area contributed by atoms with Crippen LogP contribution in [-0.4, -0.2) is 6.54 Å². The maximum absolute atomic E-state index is 6.19. The summed E-state index contributed by atoms with van der Waals surface area (Å²) in [7, 11) is 0. The second-order valence-electron chi connectivity index (χ2n) is 4.19. The third-order valence-corrected chi connectivity index (χ3v) is 4.56. The van der Waals surface area contributed by atoms with Crippen molar-refractivity contribution < 1.29 is 0 Å². The second-order valence-corrected chi connectivity index (χ2v) is 6.48. The number of nitrogens with one attached hydrogen (secondary N) is 1. The Bertz CT molecular complexity index is 350. The SMILES string of the molecule is CCNC(c1cc(Cl)sc1Cl)C1CC1C. The van der Waals surface area contributed by atoms with E-state index in [4.69, 9.17) is 23.2 Å². The highest BCUT2D eigenvalue weighted by molar-refractivity contribution is 7.20. The van der Waals surface area contributed by atoms with Crippen LogP contribution in [0.5, 0.6) is 0 Å². The molecule has 0 amide bonds. The van der Waals surface area contributed by atoms with Gasteiger partial charge in [-0.2, -0.15) is 0 Å². The molecule has 4 heteroatoms. The van der Waals surface area contributed by atoms with Crippen LogP contribution in [0.3, 0.4) is 0 Å². The minimum absolute atomic E-state index is 0.390. The van der Waals surface area contributed by atoms with E-state index in [0.717, 1.165) is 27.1 Å². The van der Waals surface area contributed by atoms with Crippen molar-refractivity contribution in [2.24, 2.45) is 11.8 Å². The van der Waals surface area contributed by atoms with Crippen molar-refractivity contribution in [3.8, 4) is 0 Å². The quantitative estimate of drug-likeness (QED) is 0.851. The summed E-state index contributed by atoms with van der Waals surface area (Å²) >= 11 is 13.6. The predicted octanol–water partition coefficient (Wildman–Crippen LogP) is 4.36. The molecule has 0 aliphatic heterocycles. The Morgan fingerprint density at radius 2 is 2.27 bits per heavy atom. The molecular formula is C11H15Cl2NS. The molecule has 0 spiro atoms. The molecule has 1 N–H and O–H groups in total. The molecule has 1 aliphatic rings. The van der Waals surface area contributed by atoms with Crippen LogP contribution in [0.15, 0.2) is 6.07 Å². The molecule has 1 aromatic heterocycles. The molecule has 1 nitrogen and oxygen atoms in total. The van der Waals surface area contributed by atoms with Crippen molar-refractivity contribution in [3.63, 3.8) is 0 Å². The van der Waals surface area contributed by atoms with Crippen molar-refractivity contribution in [3.05, 3.63) is 20.3 Å². The van der Waals surface area contributed by atoms with E-state index in [-0.39, 0.29) is 0 Å². The molecule has 84 valence electrons. The van der Waals surface area contributed by atoms with Gasteiger partial charge in [-0.15, -0.1) is 11.3 Å². The van der Waals surface area contributed by atoms with Gasteiger partial charge in [-0.3, -0.25) is 0 Å². The van der Waals surface area contributed by atoms with Gasteiger partial charge in [0.15, 0.2) is 0 Å². The third-order valence-electron chi connectivity index (χ3n) is 3.04. The molecule has 15 heavy (non-hydrogen) atoms. The van der Waals surface area contributed by atoms with Gasteiger partial charge in [0.05, 0.1) is 8.67 Å². The Hall–Kier alpha value is 0.240. The van der Waals surface area contributed by atoms with Crippen molar-refractivity contribution in [2.45, 2.75) is 26.3 Å². The average Bonchev–Trinajstić information content (AvgIpc) is 2.78. The van der Waals surface area contributed by atoms with Crippen molar-refractivity contribution >= 4 is 34.5 Å². The first-order chi connectivity index (χ1) is 7.13. The minimum Gasteiger partial charge on any atom is -0.310 e. The lowest BCUT2D eigenvalue weighted by Gasteiger charge is -2.17. The summed E-state index contributed by atoms with van der Waals surface area (Å²) in [6.07, 6.45) is 1.29. The zero-order chi connectivity index (χ0) is 11.0. The number of hydrogen-bond acceptors (Lipinski definition) is 2. The van der Waals surface area contributed by atoms with E-state index in [9.17, 15) is 0 Å². The van der Waals surface area contributed by atoms with E-state index in [1.807, 2.05) is 6.07 Å². The fourth-order valence-electron chi connectivity index (χ4n) is 2.09. The first kappa shape index (κ1) is 11.7. The zero-order valence-electron chi connectivity index (χ0n) is 8.89. The topological polar surface area (TPSA) is 12.0 Å². The van der Waals surface area contributed by atoms with E-state index >= 15 is 0 Å². The largest absolute Gasteiger partial charge is 0.310 e. The number of rotatable bonds is 4. The molecule has 0 aromatic carbocycles. The van der Waals surface area contributed by atoms with E-state index in [0.29, 0.717) is 6.04 Å². The maximum atomic E-state index is 6.19. The van der Waals surface area contributed by atoms with Gasteiger partial charge in [-0.25, -0.2) is 0 Å². The fraction of sp³-hybridized carbons (Fsp3) is 0.636. The van der Waals surface area contributed by atoms with E-state index < -0.39 is 0 Å². The Morgan fingerprint density at radius 1 is 1.60 bits per heavy atom. The summed E-state index contributed by atoms with van der Waals surface area (Å²) in [5.41, 5.74) is 1.18. The van der Waals surface area contributed by atoms with Gasteiger partial charge in [-0.05, 0) is 30.9 Å². The highest BCUT2D eigenvalue weighted by Crippen LogP contribution is 2.49. The van der Waals surface area contributed by atoms with Gasteiger partial charge in [0.25, 0.3) is 0 Å². The first-order valence-electron chi connectivity index (χ1n) is 5.31. The molecule has 1 aliphatic carbocycles. The lowest BCUT2D eigenvalue weighted by atomic mass is 10.0. The predicted molar refractivity (Wildman–Crippen MR) is 68.0 cm³/mol. The van der Waals surface area contributed by atoms with E-state index in [2.05, 4.69) is 19.2 Å². The normalized spacial score (nSPS) is 26.7. The lowest BCUT2D eigenvalue weighted by molar-refractivity contribution is 0.477. The lowest BCUT2D eigenvalue weighted by Crippen LogP contribution is -2.23. The van der Waals surface area contributed by atoms with Crippen LogP contribution >= 0.6 is 34.5 Å². The molecule has 1 saturated carbocycles. The Balaban J connectivity index is 2.20. The maximum Gasteiger partial charge on any atom is 0.0992 e. The van der Waals surface area contributed by atoms with Gasteiger partial charge < -0.3 is 5.32 Å². The molecule has 1 fully saturated rings. The third kappa shape index (κ3) is 2.50. The minimum atomic E-state index is 0.390. The monoisotopic (exact) mass is 263 g/mol. The van der Waals surface area contributed by atoms with Crippen LogP contribution < -0.4 is 5.32 Å². The summed E-state index contributed by atoms with van der Waals surface area (Å²) in [6.45, 7) is 5.39. The summed E-state index contributed by atoms with van der Waals surface area (Å²) < 4.78 is 1.62. The number of hydrogen-bond donors (Lipinski definition) is 1. The molecule has 1 aromatic rings. The fourth-order valence-corrected chi connectivity index (χ4v) is 3.64. The Labute approximate surface area is 105 Å². The van der Waals surface area contributed by atoms with Gasteiger partial charge in [0.1, 0.15) is 0 Å². The van der Waals surface area contributed by atoms with Gasteiger partial charge in [0.2, 0.25) is 0 Å². The Kier molecular flexibility index (Phi) is 3.61. The van der Waals surface area contributed by atoms with E-state index in [1.165, 1.54) is 23.3 Å². The summed E-state index contributed by atoms with van der Waals surface area (Å²) in [6, 6.07) is 2.40. The average molecular weight is 264 g/mol. The molecule has 0 radical (unpaired) electrons. The van der Waals surface area contributed by atoms with Crippen molar-refractivity contribution in [2.75, 3.05) is 6.54 Å². The van der Waals surface area contributed by atoms with Gasteiger partial charge >= 0.3 is 0 Å². The molecule has 2 rings (SSSR count). The smallest absolute Gasteiger partial charge is 0.0992 e. The van der Waals surface area contributed by atoms with E-state index in [1.54, 1.807) is 0 Å². The van der Waals surface area contributed by atoms with Crippen LogP contribution in [-0.2, 0) is 0 Å². The van der Waals surface area contributed by atoms with Crippen LogP contribution in [0.4, 0.5) is 0 Å². The van der Waals surface area contributed by atoms with Crippen molar-refractivity contribution in [1.82, 2.24) is 5.32 Å². The highest BCUT2D eigenvalue weighted by Gasteiger charge is 2.40. The Morgan fingerprint density at radius 3 is 2.67 bits per heavy atom. The summed E-state index contributed by atoms with van der Waals surface area (Å²) in [4.78, 5) is 0. The number of thiophene rings is 1. The van der Waals surface area contributed by atoms with Gasteiger partial charge in [0, 0.05) is 11.6 Å². The summed E-state index contributed by atoms with van der Waals surface area (Å²) in [5.74, 6) is 1.54. The standard InChI is InChI=1S/C11H15Cl2NS/c1-3-14-10(7-4-6(7)2)8-5-9(12)15-11(8)13/h5-7,10,14H,3-4H2,1-2H3. The second kappa shape index (κ2) is 4.62. The van der Waals surface area contributed by atoms with Crippen LogP contribution in [0, 0.1) is 11.8 Å². The van der Waals surface area contributed by atoms with Crippen molar-refractivity contribution in [1.29, 1.82) is 0 Å². The molecule has 1 heterocycles. The molecule has 3 atom stereocenters. The summed E-state index contributed by atoms with van der Waals surface area (Å²) in [5, 5.41) is 3.51.